The van der Waals surface area contributed by atoms with Crippen LogP contribution in [0.25, 0.3) is 0 Å². The van der Waals surface area contributed by atoms with Gasteiger partial charge in [-0.1, -0.05) is 12.8 Å². The molecule has 0 aliphatic heterocycles. The smallest absolute Gasteiger partial charge is 0.311 e. The lowest BCUT2D eigenvalue weighted by Gasteiger charge is -2.23. The van der Waals surface area contributed by atoms with Crippen molar-refractivity contribution in [2.75, 3.05) is 6.54 Å². The Balaban J connectivity index is 1.99. The molecule has 2 rings (SSSR count). The summed E-state index contributed by atoms with van der Waals surface area (Å²) in [6, 6.07) is 0. The predicted octanol–water partition coefficient (Wildman–Crippen LogP) is 1.16. The lowest BCUT2D eigenvalue weighted by molar-refractivity contribution is -0.148. The molecule has 1 aliphatic carbocycles. The van der Waals surface area contributed by atoms with Gasteiger partial charge in [-0.05, 0) is 19.8 Å². The average Bonchev–Trinajstić information content (AvgIpc) is 2.87. The summed E-state index contributed by atoms with van der Waals surface area (Å²) < 4.78 is 0. The average molecular weight is 263 g/mol. The van der Waals surface area contributed by atoms with E-state index in [4.69, 9.17) is 0 Å². The van der Waals surface area contributed by atoms with Crippen LogP contribution in [-0.4, -0.2) is 33.5 Å². The highest BCUT2D eigenvalue weighted by Gasteiger charge is 2.41. The van der Waals surface area contributed by atoms with Gasteiger partial charge in [-0.25, -0.2) is 4.98 Å². The summed E-state index contributed by atoms with van der Waals surface area (Å²) >= 11 is 0. The van der Waals surface area contributed by atoms with Crippen molar-refractivity contribution in [2.45, 2.75) is 32.6 Å². The van der Waals surface area contributed by atoms with Crippen LogP contribution in [0.3, 0.4) is 0 Å². The lowest BCUT2D eigenvalue weighted by atomic mass is 9.86. The van der Waals surface area contributed by atoms with Crippen molar-refractivity contribution in [2.24, 2.45) is 5.41 Å². The summed E-state index contributed by atoms with van der Waals surface area (Å²) in [7, 11) is 0. The number of carbonyl (C=O) groups is 2. The minimum Gasteiger partial charge on any atom is -0.481 e. The predicted molar refractivity (Wildman–Crippen MR) is 67.6 cm³/mol. The molecule has 6 heteroatoms. The van der Waals surface area contributed by atoms with E-state index >= 15 is 0 Å². The summed E-state index contributed by atoms with van der Waals surface area (Å²) in [5.74, 6) is -1.21. The van der Waals surface area contributed by atoms with Gasteiger partial charge < -0.3 is 10.4 Å². The number of carboxylic acids is 1. The van der Waals surface area contributed by atoms with Crippen LogP contribution in [0.5, 0.6) is 0 Å². The Kier molecular flexibility index (Phi) is 3.78. The molecule has 0 spiro atoms. The van der Waals surface area contributed by atoms with Gasteiger partial charge >= 0.3 is 5.97 Å². The van der Waals surface area contributed by atoms with Crippen molar-refractivity contribution < 1.29 is 14.7 Å². The van der Waals surface area contributed by atoms with E-state index in [0.29, 0.717) is 12.8 Å². The summed E-state index contributed by atoms with van der Waals surface area (Å²) in [4.78, 5) is 31.2. The molecule has 2 N–H and O–H groups in total. The van der Waals surface area contributed by atoms with E-state index in [2.05, 4.69) is 15.3 Å². The van der Waals surface area contributed by atoms with Crippen LogP contribution in [-0.2, 0) is 4.79 Å². The number of carboxylic acid groups (broad SMARTS) is 1. The number of aromatic nitrogens is 2. The number of aliphatic carboxylic acids is 1. The molecule has 0 aromatic carbocycles. The molecule has 1 aromatic heterocycles. The van der Waals surface area contributed by atoms with Gasteiger partial charge in [0.25, 0.3) is 5.91 Å². The van der Waals surface area contributed by atoms with Crippen molar-refractivity contribution >= 4 is 11.9 Å². The largest absolute Gasteiger partial charge is 0.481 e. The summed E-state index contributed by atoms with van der Waals surface area (Å²) in [6.45, 7) is 1.93. The van der Waals surface area contributed by atoms with Gasteiger partial charge in [0.15, 0.2) is 0 Å². The van der Waals surface area contributed by atoms with Crippen molar-refractivity contribution in [3.8, 4) is 0 Å². The summed E-state index contributed by atoms with van der Waals surface area (Å²) in [6.07, 6.45) is 5.92. The molecule has 1 saturated carbocycles. The fraction of sp³-hybridized carbons (Fsp3) is 0.538. The number of nitrogens with one attached hydrogen (secondary N) is 1. The maximum absolute atomic E-state index is 11.9. The van der Waals surface area contributed by atoms with Crippen LogP contribution < -0.4 is 5.32 Å². The van der Waals surface area contributed by atoms with Gasteiger partial charge in [0.1, 0.15) is 5.69 Å². The molecular formula is C13H17N3O3. The molecule has 1 aliphatic rings. The van der Waals surface area contributed by atoms with Crippen LogP contribution in [0.4, 0.5) is 0 Å². The lowest BCUT2D eigenvalue weighted by Crippen LogP contribution is -2.41. The van der Waals surface area contributed by atoms with Crippen molar-refractivity contribution in [3.63, 3.8) is 0 Å². The molecule has 1 aromatic rings. The van der Waals surface area contributed by atoms with Gasteiger partial charge in [-0.2, -0.15) is 0 Å². The zero-order valence-corrected chi connectivity index (χ0v) is 10.8. The molecule has 1 fully saturated rings. The highest BCUT2D eigenvalue weighted by Crippen LogP contribution is 2.37. The quantitative estimate of drug-likeness (QED) is 0.850. The van der Waals surface area contributed by atoms with Gasteiger partial charge in [0.2, 0.25) is 0 Å². The van der Waals surface area contributed by atoms with Crippen molar-refractivity contribution in [3.05, 3.63) is 23.8 Å². The van der Waals surface area contributed by atoms with Crippen molar-refractivity contribution in [1.82, 2.24) is 15.3 Å². The standard InChI is InChI=1S/C13H17N3O3/c1-9-6-15-10(7-14-9)11(17)16-8-13(12(18)19)4-2-3-5-13/h6-7H,2-5,8H2,1H3,(H,16,17)(H,18,19). The first-order chi connectivity index (χ1) is 9.03. The zero-order valence-electron chi connectivity index (χ0n) is 10.8. The molecule has 1 heterocycles. The number of carbonyl (C=O) groups excluding carboxylic acids is 1. The van der Waals surface area contributed by atoms with E-state index in [1.807, 2.05) is 0 Å². The Hall–Kier alpha value is -1.98. The number of nitrogens with zero attached hydrogens (tertiary/aromatic N) is 2. The highest BCUT2D eigenvalue weighted by molar-refractivity contribution is 5.92. The first kappa shape index (κ1) is 13.5. The van der Waals surface area contributed by atoms with E-state index in [9.17, 15) is 14.7 Å². The van der Waals surface area contributed by atoms with E-state index < -0.39 is 11.4 Å². The minimum absolute atomic E-state index is 0.150. The molecule has 19 heavy (non-hydrogen) atoms. The maximum atomic E-state index is 11.9. The Morgan fingerprint density at radius 3 is 2.53 bits per heavy atom. The number of hydrogen-bond donors (Lipinski definition) is 2. The van der Waals surface area contributed by atoms with Crippen LogP contribution >= 0.6 is 0 Å². The van der Waals surface area contributed by atoms with Crippen LogP contribution in [0.2, 0.25) is 0 Å². The number of amides is 1. The monoisotopic (exact) mass is 263 g/mol. The van der Waals surface area contributed by atoms with E-state index in [-0.39, 0.29) is 18.1 Å². The van der Waals surface area contributed by atoms with Gasteiger partial charge in [-0.15, -0.1) is 0 Å². The second-order valence-corrected chi connectivity index (χ2v) is 5.02. The molecule has 6 nitrogen and oxygen atoms in total. The summed E-state index contributed by atoms with van der Waals surface area (Å²) in [5.41, 5.74) is 0.131. The third-order valence-corrected chi connectivity index (χ3v) is 3.62. The SMILES string of the molecule is Cc1cnc(C(=O)NCC2(C(=O)O)CCCC2)cn1. The molecule has 0 atom stereocenters. The summed E-state index contributed by atoms with van der Waals surface area (Å²) in [5, 5.41) is 12.0. The third kappa shape index (κ3) is 2.89. The second-order valence-electron chi connectivity index (χ2n) is 5.02. The minimum atomic E-state index is -0.833. The number of rotatable bonds is 4. The van der Waals surface area contributed by atoms with Crippen LogP contribution in [0.1, 0.15) is 41.9 Å². The van der Waals surface area contributed by atoms with Crippen molar-refractivity contribution in [1.29, 1.82) is 0 Å². The molecule has 0 unspecified atom stereocenters. The van der Waals surface area contributed by atoms with Gasteiger partial charge in [-0.3, -0.25) is 14.6 Å². The molecule has 0 radical (unpaired) electrons. The van der Waals surface area contributed by atoms with Gasteiger partial charge in [0, 0.05) is 12.7 Å². The molecule has 102 valence electrons. The molecule has 0 saturated heterocycles. The van der Waals surface area contributed by atoms with E-state index in [0.717, 1.165) is 18.5 Å². The Morgan fingerprint density at radius 1 is 1.32 bits per heavy atom. The van der Waals surface area contributed by atoms with Gasteiger partial charge in [0.05, 0.1) is 17.3 Å². The number of aryl methyl sites for hydroxylation is 1. The maximum Gasteiger partial charge on any atom is 0.311 e. The highest BCUT2D eigenvalue weighted by atomic mass is 16.4. The van der Waals surface area contributed by atoms with E-state index in [1.165, 1.54) is 12.4 Å². The van der Waals surface area contributed by atoms with E-state index in [1.54, 1.807) is 6.92 Å². The third-order valence-electron chi connectivity index (χ3n) is 3.62. The normalized spacial score (nSPS) is 17.1. The van der Waals surface area contributed by atoms with Crippen LogP contribution in [0.15, 0.2) is 12.4 Å². The topological polar surface area (TPSA) is 92.2 Å². The fourth-order valence-electron chi connectivity index (χ4n) is 2.37. The first-order valence-corrected chi connectivity index (χ1v) is 6.34. The Labute approximate surface area is 111 Å². The number of hydrogen-bond acceptors (Lipinski definition) is 4. The van der Waals surface area contributed by atoms with Crippen LogP contribution in [0, 0.1) is 12.3 Å². The molecular weight excluding hydrogens is 246 g/mol. The zero-order chi connectivity index (χ0) is 13.9. The first-order valence-electron chi connectivity index (χ1n) is 6.34. The Morgan fingerprint density at radius 2 is 2.00 bits per heavy atom. The fourth-order valence-corrected chi connectivity index (χ4v) is 2.37. The Bertz CT molecular complexity index is 478. The molecule has 0 bridgehead atoms. The second kappa shape index (κ2) is 5.34. The molecule has 1 amide bonds.